The SMILES string of the molecule is CN1CC(=O)N(C(=O)c2cccs2)c2ccccc2C1=O. The molecule has 0 bridgehead atoms. The van der Waals surface area contributed by atoms with E-state index in [0.717, 1.165) is 4.90 Å². The molecule has 21 heavy (non-hydrogen) atoms. The monoisotopic (exact) mass is 300 g/mol. The van der Waals surface area contributed by atoms with E-state index in [4.69, 9.17) is 0 Å². The number of benzene rings is 1. The first kappa shape index (κ1) is 13.5. The summed E-state index contributed by atoms with van der Waals surface area (Å²) in [6, 6.07) is 10.1. The van der Waals surface area contributed by atoms with E-state index in [1.165, 1.54) is 16.2 Å². The summed E-state index contributed by atoms with van der Waals surface area (Å²) in [7, 11) is 1.55. The Balaban J connectivity index is 2.15. The van der Waals surface area contributed by atoms with Gasteiger partial charge in [0.15, 0.2) is 0 Å². The molecule has 3 amide bonds. The molecule has 1 aromatic heterocycles. The van der Waals surface area contributed by atoms with Crippen LogP contribution in [0, 0.1) is 0 Å². The first-order chi connectivity index (χ1) is 10.1. The van der Waals surface area contributed by atoms with Crippen molar-refractivity contribution in [1.82, 2.24) is 4.90 Å². The first-order valence-electron chi connectivity index (χ1n) is 6.35. The average molecular weight is 300 g/mol. The number of hydrogen-bond donors (Lipinski definition) is 0. The van der Waals surface area contributed by atoms with Crippen LogP contribution in [-0.2, 0) is 4.79 Å². The van der Waals surface area contributed by atoms with Crippen LogP contribution in [-0.4, -0.2) is 36.2 Å². The highest BCUT2D eigenvalue weighted by Crippen LogP contribution is 2.27. The number of thiophene rings is 1. The zero-order valence-electron chi connectivity index (χ0n) is 11.3. The summed E-state index contributed by atoms with van der Waals surface area (Å²) >= 11 is 1.27. The van der Waals surface area contributed by atoms with Crippen LogP contribution < -0.4 is 4.90 Å². The minimum Gasteiger partial charge on any atom is -0.332 e. The number of carbonyl (C=O) groups excluding carboxylic acids is 3. The zero-order valence-corrected chi connectivity index (χ0v) is 12.1. The topological polar surface area (TPSA) is 57.7 Å². The van der Waals surface area contributed by atoms with Gasteiger partial charge in [0.1, 0.15) is 6.54 Å². The maximum absolute atomic E-state index is 12.6. The average Bonchev–Trinajstić information content (AvgIpc) is 2.98. The fourth-order valence-electron chi connectivity index (χ4n) is 2.27. The van der Waals surface area contributed by atoms with Crippen LogP contribution in [0.2, 0.25) is 0 Å². The second kappa shape index (κ2) is 5.14. The molecule has 5 nitrogen and oxygen atoms in total. The molecule has 0 saturated heterocycles. The van der Waals surface area contributed by atoms with Gasteiger partial charge in [0.2, 0.25) is 0 Å². The van der Waals surface area contributed by atoms with Crippen molar-refractivity contribution in [2.24, 2.45) is 0 Å². The molecule has 0 N–H and O–H groups in total. The van der Waals surface area contributed by atoms with Crippen molar-refractivity contribution in [3.63, 3.8) is 0 Å². The highest BCUT2D eigenvalue weighted by molar-refractivity contribution is 7.12. The van der Waals surface area contributed by atoms with Gasteiger partial charge in [0.05, 0.1) is 16.1 Å². The number of carbonyl (C=O) groups is 3. The lowest BCUT2D eigenvalue weighted by Crippen LogP contribution is -2.41. The van der Waals surface area contributed by atoms with E-state index in [2.05, 4.69) is 0 Å². The van der Waals surface area contributed by atoms with Crippen LogP contribution in [0.15, 0.2) is 41.8 Å². The van der Waals surface area contributed by atoms with Gasteiger partial charge in [-0.15, -0.1) is 11.3 Å². The van der Waals surface area contributed by atoms with Gasteiger partial charge < -0.3 is 4.90 Å². The number of para-hydroxylation sites is 1. The van der Waals surface area contributed by atoms with E-state index < -0.39 is 11.8 Å². The van der Waals surface area contributed by atoms with Crippen molar-refractivity contribution in [3.05, 3.63) is 52.2 Å². The number of fused-ring (bicyclic) bond motifs is 1. The number of hydrogen-bond acceptors (Lipinski definition) is 4. The Morgan fingerprint density at radius 3 is 2.62 bits per heavy atom. The van der Waals surface area contributed by atoms with Gasteiger partial charge in [-0.1, -0.05) is 18.2 Å². The molecule has 0 atom stereocenters. The minimum atomic E-state index is -0.408. The van der Waals surface area contributed by atoms with Crippen molar-refractivity contribution < 1.29 is 14.4 Å². The largest absolute Gasteiger partial charge is 0.332 e. The molecule has 3 rings (SSSR count). The number of amides is 3. The Bertz CT molecular complexity index is 724. The normalized spacial score (nSPS) is 14.9. The summed E-state index contributed by atoms with van der Waals surface area (Å²) in [4.78, 5) is 40.1. The molecule has 2 aromatic rings. The van der Waals surface area contributed by atoms with E-state index in [0.29, 0.717) is 16.1 Å². The molecule has 1 aromatic carbocycles. The molecule has 6 heteroatoms. The van der Waals surface area contributed by atoms with E-state index in [1.54, 1.807) is 48.8 Å². The van der Waals surface area contributed by atoms with Gasteiger partial charge in [-0.25, -0.2) is 4.90 Å². The number of imide groups is 1. The lowest BCUT2D eigenvalue weighted by Gasteiger charge is -2.19. The van der Waals surface area contributed by atoms with Crippen LogP contribution in [0.5, 0.6) is 0 Å². The second-order valence-electron chi connectivity index (χ2n) is 4.69. The van der Waals surface area contributed by atoms with E-state index in [9.17, 15) is 14.4 Å². The van der Waals surface area contributed by atoms with Crippen molar-refractivity contribution in [3.8, 4) is 0 Å². The number of anilines is 1. The van der Waals surface area contributed by atoms with Crippen molar-refractivity contribution in [1.29, 1.82) is 0 Å². The summed E-state index contributed by atoms with van der Waals surface area (Å²) in [5, 5.41) is 1.78. The molecule has 0 spiro atoms. The Kier molecular flexibility index (Phi) is 3.31. The standard InChI is InChI=1S/C15H12N2O3S/c1-16-9-13(18)17(15(20)12-7-4-8-21-12)11-6-3-2-5-10(11)14(16)19/h2-8H,9H2,1H3. The van der Waals surface area contributed by atoms with Gasteiger partial charge in [0.25, 0.3) is 17.7 Å². The molecular weight excluding hydrogens is 288 g/mol. The predicted molar refractivity (Wildman–Crippen MR) is 79.5 cm³/mol. The number of likely N-dealkylation sites (N-methyl/N-ethyl adjacent to an activating group) is 1. The van der Waals surface area contributed by atoms with Crippen molar-refractivity contribution in [2.45, 2.75) is 0 Å². The highest BCUT2D eigenvalue weighted by atomic mass is 32.1. The summed E-state index contributed by atoms with van der Waals surface area (Å²) in [6.45, 7) is -0.120. The molecule has 0 aliphatic carbocycles. The van der Waals surface area contributed by atoms with Crippen LogP contribution in [0.1, 0.15) is 20.0 Å². The quantitative estimate of drug-likeness (QED) is 0.757. The predicted octanol–water partition coefficient (Wildman–Crippen LogP) is 2.01. The Hall–Kier alpha value is -2.47. The van der Waals surface area contributed by atoms with Gasteiger partial charge in [-0.2, -0.15) is 0 Å². The zero-order chi connectivity index (χ0) is 15.0. The van der Waals surface area contributed by atoms with Crippen LogP contribution in [0.3, 0.4) is 0 Å². The van der Waals surface area contributed by atoms with E-state index >= 15 is 0 Å². The third-order valence-electron chi connectivity index (χ3n) is 3.28. The fourth-order valence-corrected chi connectivity index (χ4v) is 2.92. The molecule has 0 radical (unpaired) electrons. The van der Waals surface area contributed by atoms with Gasteiger partial charge in [0, 0.05) is 7.05 Å². The van der Waals surface area contributed by atoms with Crippen molar-refractivity contribution >= 4 is 34.7 Å². The lowest BCUT2D eigenvalue weighted by atomic mass is 10.1. The molecule has 2 heterocycles. The maximum atomic E-state index is 12.6. The minimum absolute atomic E-state index is 0.120. The van der Waals surface area contributed by atoms with E-state index in [1.807, 2.05) is 0 Å². The molecule has 0 fully saturated rings. The maximum Gasteiger partial charge on any atom is 0.275 e. The molecule has 106 valence electrons. The number of nitrogens with zero attached hydrogens (tertiary/aromatic N) is 2. The molecule has 1 aliphatic heterocycles. The Morgan fingerprint density at radius 2 is 1.90 bits per heavy atom. The Labute approximate surface area is 125 Å². The van der Waals surface area contributed by atoms with Gasteiger partial charge in [-0.05, 0) is 23.6 Å². The molecule has 0 saturated carbocycles. The molecule has 1 aliphatic rings. The third kappa shape index (κ3) is 2.23. The van der Waals surface area contributed by atoms with Gasteiger partial charge >= 0.3 is 0 Å². The summed E-state index contributed by atoms with van der Waals surface area (Å²) < 4.78 is 0. The van der Waals surface area contributed by atoms with Crippen LogP contribution in [0.4, 0.5) is 5.69 Å². The highest BCUT2D eigenvalue weighted by Gasteiger charge is 2.34. The third-order valence-corrected chi connectivity index (χ3v) is 4.14. The second-order valence-corrected chi connectivity index (χ2v) is 5.64. The van der Waals surface area contributed by atoms with Gasteiger partial charge in [-0.3, -0.25) is 14.4 Å². The molecular formula is C15H12N2O3S. The summed E-state index contributed by atoms with van der Waals surface area (Å²) in [5.41, 5.74) is 0.700. The Morgan fingerprint density at radius 1 is 1.14 bits per heavy atom. The van der Waals surface area contributed by atoms with Crippen molar-refractivity contribution in [2.75, 3.05) is 18.5 Å². The summed E-state index contributed by atoms with van der Waals surface area (Å²) in [5.74, 6) is -1.07. The first-order valence-corrected chi connectivity index (χ1v) is 7.23. The van der Waals surface area contributed by atoms with Crippen LogP contribution in [0.25, 0.3) is 0 Å². The molecule has 0 unspecified atom stereocenters. The lowest BCUT2D eigenvalue weighted by molar-refractivity contribution is -0.118. The summed E-state index contributed by atoms with van der Waals surface area (Å²) in [6.07, 6.45) is 0. The fraction of sp³-hybridized carbons (Fsp3) is 0.133. The smallest absolute Gasteiger partial charge is 0.275 e. The van der Waals surface area contributed by atoms with Crippen LogP contribution >= 0.6 is 11.3 Å². The number of rotatable bonds is 1. The van der Waals surface area contributed by atoms with E-state index in [-0.39, 0.29) is 12.5 Å².